The number of carbonyl (C=O) groups excluding carboxylic acids is 1. The van der Waals surface area contributed by atoms with E-state index in [0.29, 0.717) is 18.9 Å². The number of aromatic nitrogens is 1. The second-order valence-electron chi connectivity index (χ2n) is 4.34. The number of hydrogen-bond donors (Lipinski definition) is 3. The molecule has 8 heteroatoms. The summed E-state index contributed by atoms with van der Waals surface area (Å²) in [5.41, 5.74) is -0.0428. The minimum absolute atomic E-state index is 0.0416. The first-order chi connectivity index (χ1) is 9.58. The summed E-state index contributed by atoms with van der Waals surface area (Å²) in [5, 5.41) is 15.0. The number of pyridine rings is 1. The Hall–Kier alpha value is -1.86. The zero-order valence-corrected chi connectivity index (χ0v) is 11.5. The quantitative estimate of drug-likeness (QED) is 0.739. The molecule has 20 heavy (non-hydrogen) atoms. The second kappa shape index (κ2) is 6.53. The van der Waals surface area contributed by atoms with Crippen LogP contribution in [0.15, 0.2) is 12.3 Å². The average molecular weight is 299 g/mol. The Balaban J connectivity index is 1.95. The van der Waals surface area contributed by atoms with E-state index in [0.717, 1.165) is 13.1 Å². The van der Waals surface area contributed by atoms with Crippen molar-refractivity contribution in [1.82, 2.24) is 15.2 Å². The van der Waals surface area contributed by atoms with Crippen LogP contribution in [-0.4, -0.2) is 59.6 Å². The largest absolute Gasteiger partial charge is 0.478 e. The molecule has 0 saturated carbocycles. The van der Waals surface area contributed by atoms with Crippen molar-refractivity contribution in [2.45, 2.75) is 0 Å². The lowest BCUT2D eigenvalue weighted by Gasteiger charge is -2.27. The predicted molar refractivity (Wildman–Crippen MR) is 74.1 cm³/mol. The fourth-order valence-corrected chi connectivity index (χ4v) is 2.08. The van der Waals surface area contributed by atoms with E-state index in [9.17, 15) is 9.59 Å². The third kappa shape index (κ3) is 3.58. The van der Waals surface area contributed by atoms with E-state index in [-0.39, 0.29) is 23.0 Å². The summed E-state index contributed by atoms with van der Waals surface area (Å²) < 4.78 is 0. The minimum atomic E-state index is -1.13. The van der Waals surface area contributed by atoms with Crippen molar-refractivity contribution >= 4 is 29.3 Å². The molecule has 1 aliphatic heterocycles. The number of carbonyl (C=O) groups is 2. The molecule has 1 fully saturated rings. The van der Waals surface area contributed by atoms with E-state index in [2.05, 4.69) is 15.6 Å². The summed E-state index contributed by atoms with van der Waals surface area (Å²) in [6, 6.07) is 1.32. The first-order valence-corrected chi connectivity index (χ1v) is 6.57. The van der Waals surface area contributed by atoms with Crippen LogP contribution in [-0.2, 0) is 4.79 Å². The molecule has 0 atom stereocenters. The fraction of sp³-hybridized carbons (Fsp3) is 0.417. The highest BCUT2D eigenvalue weighted by Crippen LogP contribution is 2.17. The van der Waals surface area contributed by atoms with Crippen LogP contribution in [0.25, 0.3) is 0 Å². The zero-order valence-electron chi connectivity index (χ0n) is 10.7. The van der Waals surface area contributed by atoms with Gasteiger partial charge in [0.15, 0.2) is 0 Å². The van der Waals surface area contributed by atoms with Crippen molar-refractivity contribution in [3.8, 4) is 0 Å². The number of nitrogens with zero attached hydrogens (tertiary/aromatic N) is 2. The number of nitrogens with one attached hydrogen (secondary N) is 2. The lowest BCUT2D eigenvalue weighted by molar-refractivity contribution is -0.129. The molecule has 2 rings (SSSR count). The van der Waals surface area contributed by atoms with Gasteiger partial charge in [0.1, 0.15) is 5.82 Å². The molecule has 1 aliphatic rings. The highest BCUT2D eigenvalue weighted by atomic mass is 35.5. The SMILES string of the molecule is O=C(O)c1cc(NCC(=O)N2CCNCC2)ncc1Cl. The monoisotopic (exact) mass is 298 g/mol. The standard InChI is InChI=1S/C12H15ClN4O3/c13-9-6-15-10(5-8(9)12(19)20)16-7-11(18)17-3-1-14-2-4-17/h5-6,14H,1-4,7H2,(H,15,16)(H,19,20). The molecular formula is C12H15ClN4O3. The smallest absolute Gasteiger partial charge is 0.337 e. The average Bonchev–Trinajstić information content (AvgIpc) is 2.46. The maximum atomic E-state index is 11.9. The first kappa shape index (κ1) is 14.5. The van der Waals surface area contributed by atoms with Crippen LogP contribution in [0.1, 0.15) is 10.4 Å². The maximum Gasteiger partial charge on any atom is 0.337 e. The molecule has 1 saturated heterocycles. The Bertz CT molecular complexity index is 517. The van der Waals surface area contributed by atoms with Crippen molar-refractivity contribution in [2.75, 3.05) is 38.0 Å². The summed E-state index contributed by atoms with van der Waals surface area (Å²) in [7, 11) is 0. The molecule has 108 valence electrons. The molecule has 7 nitrogen and oxygen atoms in total. The molecule has 0 unspecified atom stereocenters. The van der Waals surface area contributed by atoms with Gasteiger partial charge in [0.05, 0.1) is 17.1 Å². The maximum absolute atomic E-state index is 11.9. The van der Waals surface area contributed by atoms with Gasteiger partial charge in [-0.25, -0.2) is 9.78 Å². The molecule has 0 aromatic carbocycles. The number of carboxylic acids is 1. The van der Waals surface area contributed by atoms with Gasteiger partial charge in [-0.2, -0.15) is 0 Å². The van der Waals surface area contributed by atoms with Gasteiger partial charge in [-0.3, -0.25) is 4.79 Å². The first-order valence-electron chi connectivity index (χ1n) is 6.19. The van der Waals surface area contributed by atoms with Crippen LogP contribution < -0.4 is 10.6 Å². The van der Waals surface area contributed by atoms with E-state index in [1.165, 1.54) is 12.3 Å². The van der Waals surface area contributed by atoms with E-state index in [1.807, 2.05) is 0 Å². The van der Waals surface area contributed by atoms with Crippen LogP contribution in [0.5, 0.6) is 0 Å². The molecule has 1 amide bonds. The Kier molecular flexibility index (Phi) is 4.75. The molecule has 0 radical (unpaired) electrons. The van der Waals surface area contributed by atoms with Gasteiger partial charge in [-0.05, 0) is 6.07 Å². The molecule has 0 spiro atoms. The third-order valence-corrected chi connectivity index (χ3v) is 3.28. The lowest BCUT2D eigenvalue weighted by Crippen LogP contribution is -2.48. The van der Waals surface area contributed by atoms with Crippen molar-refractivity contribution < 1.29 is 14.7 Å². The molecule has 2 heterocycles. The second-order valence-corrected chi connectivity index (χ2v) is 4.75. The number of halogens is 1. The molecule has 1 aromatic rings. The summed E-state index contributed by atoms with van der Waals surface area (Å²) in [4.78, 5) is 28.6. The van der Waals surface area contributed by atoms with Gasteiger partial charge < -0.3 is 20.6 Å². The fourth-order valence-electron chi connectivity index (χ4n) is 1.89. The number of piperazine rings is 1. The van der Waals surface area contributed by atoms with Crippen LogP contribution in [0.4, 0.5) is 5.82 Å². The lowest BCUT2D eigenvalue weighted by atomic mass is 10.2. The van der Waals surface area contributed by atoms with Crippen LogP contribution >= 0.6 is 11.6 Å². The summed E-state index contributed by atoms with van der Waals surface area (Å²) in [5.74, 6) is -0.857. The van der Waals surface area contributed by atoms with E-state index >= 15 is 0 Å². The van der Waals surface area contributed by atoms with Crippen molar-refractivity contribution in [3.05, 3.63) is 22.8 Å². The van der Waals surface area contributed by atoms with Gasteiger partial charge >= 0.3 is 5.97 Å². The molecule has 3 N–H and O–H groups in total. The van der Waals surface area contributed by atoms with E-state index < -0.39 is 5.97 Å². The van der Waals surface area contributed by atoms with Gasteiger partial charge in [0, 0.05) is 32.4 Å². The number of carboxylic acid groups (broad SMARTS) is 1. The van der Waals surface area contributed by atoms with Gasteiger partial charge in [0.2, 0.25) is 5.91 Å². The molecular weight excluding hydrogens is 284 g/mol. The number of hydrogen-bond acceptors (Lipinski definition) is 5. The molecule has 0 bridgehead atoms. The summed E-state index contributed by atoms with van der Waals surface area (Å²) >= 11 is 5.72. The predicted octanol–water partition coefficient (Wildman–Crippen LogP) is 0.277. The Morgan fingerprint density at radius 2 is 2.15 bits per heavy atom. The van der Waals surface area contributed by atoms with E-state index in [4.69, 9.17) is 16.7 Å². The third-order valence-electron chi connectivity index (χ3n) is 2.98. The minimum Gasteiger partial charge on any atom is -0.478 e. The number of anilines is 1. The Labute approximate surface area is 120 Å². The van der Waals surface area contributed by atoms with Crippen LogP contribution in [0, 0.1) is 0 Å². The molecule has 0 aliphatic carbocycles. The normalized spacial score (nSPS) is 14.9. The topological polar surface area (TPSA) is 94.6 Å². The number of amides is 1. The van der Waals surface area contributed by atoms with Gasteiger partial charge in [-0.1, -0.05) is 11.6 Å². The number of rotatable bonds is 4. The highest BCUT2D eigenvalue weighted by Gasteiger charge is 2.16. The summed E-state index contributed by atoms with van der Waals surface area (Å²) in [6.07, 6.45) is 1.25. The number of aromatic carboxylic acids is 1. The van der Waals surface area contributed by atoms with Crippen molar-refractivity contribution in [2.24, 2.45) is 0 Å². The zero-order chi connectivity index (χ0) is 14.5. The molecule has 1 aromatic heterocycles. The van der Waals surface area contributed by atoms with Gasteiger partial charge in [0.25, 0.3) is 0 Å². The summed E-state index contributed by atoms with van der Waals surface area (Å²) in [6.45, 7) is 3.00. The Morgan fingerprint density at radius 1 is 1.45 bits per heavy atom. The van der Waals surface area contributed by atoms with Crippen molar-refractivity contribution in [1.29, 1.82) is 0 Å². The highest BCUT2D eigenvalue weighted by molar-refractivity contribution is 6.33. The van der Waals surface area contributed by atoms with E-state index in [1.54, 1.807) is 4.90 Å². The van der Waals surface area contributed by atoms with Crippen molar-refractivity contribution in [3.63, 3.8) is 0 Å². The van der Waals surface area contributed by atoms with Crippen LogP contribution in [0.2, 0.25) is 5.02 Å². The Morgan fingerprint density at radius 3 is 2.80 bits per heavy atom. The van der Waals surface area contributed by atoms with Crippen LogP contribution in [0.3, 0.4) is 0 Å². The van der Waals surface area contributed by atoms with Gasteiger partial charge in [-0.15, -0.1) is 0 Å².